The van der Waals surface area contributed by atoms with Crippen LogP contribution in [0, 0.1) is 11.3 Å². The van der Waals surface area contributed by atoms with E-state index in [4.69, 9.17) is 5.73 Å². The number of hydrogen-bond acceptors (Lipinski definition) is 6. The molecule has 5 rings (SSSR count). The van der Waals surface area contributed by atoms with E-state index in [1.165, 1.54) is 0 Å². The minimum absolute atomic E-state index is 0.128. The molecular weight excluding hydrogens is 318 g/mol. The van der Waals surface area contributed by atoms with E-state index in [1.807, 2.05) is 6.07 Å². The first-order chi connectivity index (χ1) is 12.0. The number of aromatic hydroxyl groups is 1. The fourth-order valence-corrected chi connectivity index (χ4v) is 4.23. The molecule has 130 valence electrons. The fraction of sp³-hybridized carbons (Fsp3) is 0.389. The summed E-state index contributed by atoms with van der Waals surface area (Å²) in [7, 11) is 1.69. The Kier molecular flexibility index (Phi) is 3.52. The quantitative estimate of drug-likeness (QED) is 0.675. The van der Waals surface area contributed by atoms with Gasteiger partial charge in [0.1, 0.15) is 5.75 Å². The number of carbonyl (C=O) groups is 1. The van der Waals surface area contributed by atoms with Crippen molar-refractivity contribution in [3.05, 3.63) is 30.3 Å². The van der Waals surface area contributed by atoms with Crippen molar-refractivity contribution >= 4 is 17.4 Å². The SMILES string of the molecule is CNC(=O)C12CC(C1)C(Nc1cc(-c3ccccc3O)nnc1N)C2. The van der Waals surface area contributed by atoms with Crippen LogP contribution in [-0.2, 0) is 4.79 Å². The summed E-state index contributed by atoms with van der Waals surface area (Å²) < 4.78 is 0. The maximum absolute atomic E-state index is 12.1. The number of anilines is 2. The summed E-state index contributed by atoms with van der Waals surface area (Å²) in [6.45, 7) is 0. The Balaban J connectivity index is 1.57. The summed E-state index contributed by atoms with van der Waals surface area (Å²) in [6.07, 6.45) is 2.62. The van der Waals surface area contributed by atoms with Crippen molar-refractivity contribution in [1.29, 1.82) is 0 Å². The second kappa shape index (κ2) is 5.61. The zero-order chi connectivity index (χ0) is 17.6. The predicted octanol–water partition coefficient (Wildman–Crippen LogP) is 1.76. The van der Waals surface area contributed by atoms with Crippen LogP contribution in [0.25, 0.3) is 11.3 Å². The van der Waals surface area contributed by atoms with Crippen LogP contribution in [0.1, 0.15) is 19.3 Å². The maximum atomic E-state index is 12.1. The van der Waals surface area contributed by atoms with Gasteiger partial charge in [0.25, 0.3) is 0 Å². The Morgan fingerprint density at radius 3 is 2.76 bits per heavy atom. The molecule has 3 aliphatic carbocycles. The fourth-order valence-electron chi connectivity index (χ4n) is 4.23. The van der Waals surface area contributed by atoms with Crippen molar-refractivity contribution in [1.82, 2.24) is 15.5 Å². The topological polar surface area (TPSA) is 113 Å². The number of benzene rings is 1. The lowest BCUT2D eigenvalue weighted by Gasteiger charge is -2.36. The number of fused-ring (bicyclic) bond motifs is 1. The summed E-state index contributed by atoms with van der Waals surface area (Å²) in [5.41, 5.74) is 7.61. The molecule has 5 N–H and O–H groups in total. The number of para-hydroxylation sites is 1. The normalized spacial score (nSPS) is 26.8. The average molecular weight is 339 g/mol. The number of carbonyl (C=O) groups excluding carboxylic acids is 1. The van der Waals surface area contributed by atoms with E-state index in [0.717, 1.165) is 19.3 Å². The van der Waals surface area contributed by atoms with E-state index < -0.39 is 0 Å². The van der Waals surface area contributed by atoms with Gasteiger partial charge in [-0.1, -0.05) is 12.1 Å². The summed E-state index contributed by atoms with van der Waals surface area (Å²) in [5, 5.41) is 24.3. The third-order valence-corrected chi connectivity index (χ3v) is 5.54. The first-order valence-electron chi connectivity index (χ1n) is 8.43. The Morgan fingerprint density at radius 2 is 2.04 bits per heavy atom. The highest BCUT2D eigenvalue weighted by molar-refractivity contribution is 5.84. The molecule has 7 heteroatoms. The lowest BCUT2D eigenvalue weighted by atomic mass is 9.69. The number of nitrogens with one attached hydrogen (secondary N) is 2. The van der Waals surface area contributed by atoms with Crippen LogP contribution in [0.2, 0.25) is 0 Å². The minimum atomic E-state index is -0.229. The number of nitrogens with zero attached hydrogens (tertiary/aromatic N) is 2. The molecule has 7 nitrogen and oxygen atoms in total. The number of phenolic OH excluding ortho intramolecular Hbond substituents is 1. The van der Waals surface area contributed by atoms with Crippen molar-refractivity contribution in [3.8, 4) is 17.0 Å². The van der Waals surface area contributed by atoms with E-state index >= 15 is 0 Å². The van der Waals surface area contributed by atoms with E-state index in [-0.39, 0.29) is 23.1 Å². The van der Waals surface area contributed by atoms with Gasteiger partial charge in [-0.2, -0.15) is 0 Å². The Labute approximate surface area is 145 Å². The number of nitrogens with two attached hydrogens (primary N) is 1. The number of phenols is 1. The maximum Gasteiger partial charge on any atom is 0.226 e. The van der Waals surface area contributed by atoms with Crippen LogP contribution >= 0.6 is 0 Å². The monoisotopic (exact) mass is 339 g/mol. The minimum Gasteiger partial charge on any atom is -0.507 e. The largest absolute Gasteiger partial charge is 0.507 e. The molecule has 0 saturated heterocycles. The van der Waals surface area contributed by atoms with Crippen LogP contribution in [-0.4, -0.2) is 34.3 Å². The van der Waals surface area contributed by atoms with Crippen LogP contribution in [0.5, 0.6) is 5.75 Å². The van der Waals surface area contributed by atoms with Gasteiger partial charge >= 0.3 is 0 Å². The molecule has 25 heavy (non-hydrogen) atoms. The molecule has 0 spiro atoms. The lowest BCUT2D eigenvalue weighted by Crippen LogP contribution is -2.42. The Morgan fingerprint density at radius 1 is 1.28 bits per heavy atom. The van der Waals surface area contributed by atoms with E-state index in [1.54, 1.807) is 31.3 Å². The first-order valence-corrected chi connectivity index (χ1v) is 8.43. The van der Waals surface area contributed by atoms with Crippen molar-refractivity contribution in [2.24, 2.45) is 11.3 Å². The Bertz CT molecular complexity index is 832. The van der Waals surface area contributed by atoms with E-state index in [0.29, 0.717) is 28.7 Å². The second-order valence-electron chi connectivity index (χ2n) is 7.03. The van der Waals surface area contributed by atoms with Crippen molar-refractivity contribution < 1.29 is 9.90 Å². The summed E-state index contributed by atoms with van der Waals surface area (Å²) in [6, 6.07) is 8.98. The van der Waals surface area contributed by atoms with Gasteiger partial charge in [-0.05, 0) is 43.4 Å². The molecule has 1 aromatic carbocycles. The van der Waals surface area contributed by atoms with Crippen molar-refractivity contribution in [3.63, 3.8) is 0 Å². The number of rotatable bonds is 4. The standard InChI is InChI=1S/C18H21N5O2/c1-20-17(25)18-7-10(8-18)14(9-18)21-13-6-12(22-23-16(13)19)11-4-2-3-5-15(11)24/h2-6,10,14,24H,7-9H2,1H3,(H2,19,23)(H,20,25)(H,21,22). The summed E-state index contributed by atoms with van der Waals surface area (Å²) in [4.78, 5) is 12.1. The van der Waals surface area contributed by atoms with Crippen molar-refractivity contribution in [2.75, 3.05) is 18.1 Å². The molecule has 1 atom stereocenters. The molecule has 3 aliphatic rings. The van der Waals surface area contributed by atoms with Gasteiger partial charge in [0.2, 0.25) is 5.91 Å². The molecule has 3 saturated carbocycles. The third-order valence-electron chi connectivity index (χ3n) is 5.54. The zero-order valence-electron chi connectivity index (χ0n) is 14.0. The molecule has 1 amide bonds. The first kappa shape index (κ1) is 15.7. The van der Waals surface area contributed by atoms with Crippen LogP contribution in [0.4, 0.5) is 11.5 Å². The van der Waals surface area contributed by atoms with Crippen LogP contribution < -0.4 is 16.4 Å². The highest BCUT2D eigenvalue weighted by atomic mass is 16.3. The molecule has 0 aliphatic heterocycles. The number of aromatic nitrogens is 2. The molecule has 0 radical (unpaired) electrons. The molecule has 2 aromatic rings. The van der Waals surface area contributed by atoms with Crippen molar-refractivity contribution in [2.45, 2.75) is 25.3 Å². The van der Waals surface area contributed by atoms with Gasteiger partial charge < -0.3 is 21.5 Å². The van der Waals surface area contributed by atoms with E-state index in [9.17, 15) is 9.90 Å². The molecule has 1 aromatic heterocycles. The van der Waals surface area contributed by atoms with E-state index in [2.05, 4.69) is 20.8 Å². The van der Waals surface area contributed by atoms with Gasteiger partial charge in [0.15, 0.2) is 5.82 Å². The smallest absolute Gasteiger partial charge is 0.226 e. The van der Waals surface area contributed by atoms with Gasteiger partial charge in [-0.25, -0.2) is 0 Å². The van der Waals surface area contributed by atoms with Gasteiger partial charge in [-0.15, -0.1) is 10.2 Å². The number of amides is 1. The number of hydrogen-bond donors (Lipinski definition) is 4. The average Bonchev–Trinajstić information content (AvgIpc) is 3.12. The highest BCUT2D eigenvalue weighted by Gasteiger charge is 2.60. The summed E-state index contributed by atoms with van der Waals surface area (Å²) in [5.74, 6) is 1.06. The second-order valence-corrected chi connectivity index (χ2v) is 7.03. The highest BCUT2D eigenvalue weighted by Crippen LogP contribution is 2.59. The Hall–Kier alpha value is -2.83. The van der Waals surface area contributed by atoms with Crippen LogP contribution in [0.3, 0.4) is 0 Å². The van der Waals surface area contributed by atoms with Gasteiger partial charge in [0.05, 0.1) is 16.8 Å². The zero-order valence-corrected chi connectivity index (χ0v) is 14.0. The predicted molar refractivity (Wildman–Crippen MR) is 94.8 cm³/mol. The summed E-state index contributed by atoms with van der Waals surface area (Å²) >= 11 is 0. The number of nitrogen functional groups attached to an aromatic ring is 1. The molecular formula is C18H21N5O2. The van der Waals surface area contributed by atoms with Gasteiger partial charge in [-0.3, -0.25) is 4.79 Å². The van der Waals surface area contributed by atoms with Crippen LogP contribution in [0.15, 0.2) is 30.3 Å². The lowest BCUT2D eigenvalue weighted by molar-refractivity contribution is -0.134. The molecule has 1 heterocycles. The molecule has 1 unspecified atom stereocenters. The molecule has 2 bridgehead atoms. The molecule has 3 fully saturated rings. The van der Waals surface area contributed by atoms with Gasteiger partial charge in [0, 0.05) is 18.7 Å². The third kappa shape index (κ3) is 2.47.